The van der Waals surface area contributed by atoms with Crippen LogP contribution in [0.4, 0.5) is 17.6 Å². The van der Waals surface area contributed by atoms with Crippen molar-refractivity contribution in [3.8, 4) is 34.3 Å². The van der Waals surface area contributed by atoms with Gasteiger partial charge in [-0.3, -0.25) is 14.2 Å². The Labute approximate surface area is 374 Å². The molecule has 30 heteroatoms. The van der Waals surface area contributed by atoms with Crippen LogP contribution >= 0.6 is 53.8 Å². The summed E-state index contributed by atoms with van der Waals surface area (Å²) in [5.74, 6) is -0.977. The molecule has 64 heavy (non-hydrogen) atoms. The van der Waals surface area contributed by atoms with Gasteiger partial charge in [0.2, 0.25) is 19.9 Å². The van der Waals surface area contributed by atoms with Gasteiger partial charge in [-0.2, -0.15) is 22.7 Å². The van der Waals surface area contributed by atoms with Gasteiger partial charge in [-0.1, -0.05) is 12.1 Å². The summed E-state index contributed by atoms with van der Waals surface area (Å²) >= 11 is 3.83. The summed E-state index contributed by atoms with van der Waals surface area (Å²) in [6.07, 6.45) is 2.25. The quantitative estimate of drug-likeness (QED) is 0.0232. The van der Waals surface area contributed by atoms with Crippen molar-refractivity contribution in [2.45, 2.75) is 42.1 Å². The Kier molecular flexibility index (Phi) is 12.9. The number of alkyl halides is 4. The highest BCUT2D eigenvalue weighted by Crippen LogP contribution is 2.64. The van der Waals surface area contributed by atoms with Gasteiger partial charge in [-0.05, 0) is 76.8 Å². The number of nitrogens with two attached hydrogens (primary N) is 1. The Morgan fingerprint density at radius 2 is 1.44 bits per heavy atom. The van der Waals surface area contributed by atoms with Crippen molar-refractivity contribution < 1.29 is 77.1 Å². The number of primary sulfonamides is 1. The minimum atomic E-state index is -5.99. The molecule has 0 aliphatic carbocycles. The lowest BCUT2D eigenvalue weighted by Crippen LogP contribution is -2.38. The van der Waals surface area contributed by atoms with E-state index in [0.717, 1.165) is 6.33 Å². The first-order valence-corrected chi connectivity index (χ1v) is 26.8. The van der Waals surface area contributed by atoms with Gasteiger partial charge >= 0.3 is 26.5 Å². The molecular formula is C34H31BrF4N7O12P2S4+. The molecule has 0 atom stereocenters. The molecule has 7 rings (SSSR count). The maximum atomic E-state index is 15.0. The molecule has 3 aromatic carbocycles. The standard InChI is InChI=1S/C34H30BrF4N7O12P2S4/c1-17-22-10-20(12-24(57-7-2-8-64(40,55)56)27(22)61-29(17)33(36,37)59(47,48)49)32-45-43-15-46(32)16-63(53,54)21-5-3-18(4-6-21)13-58-25-11-19(31-41-14-42-44-31)9-23-26(35)30(62-28(23)25)34(38,39)60(50,51)52/h3-6,9-12,14-15H,2,7-8,13,16H2,1H3,(H7,40,41,42,44,47,48,49,50,51,52,55,56)/p+1. The summed E-state index contributed by atoms with van der Waals surface area (Å²) in [6.45, 7) is 0.727. The number of H-pyrrole nitrogens is 2. The number of sulfonamides is 1. The number of aromatic nitrogens is 6. The Hall–Kier alpha value is -4.18. The predicted octanol–water partition coefficient (Wildman–Crippen LogP) is 6.17. The van der Waals surface area contributed by atoms with E-state index in [1.165, 1.54) is 66.3 Å². The van der Waals surface area contributed by atoms with E-state index in [9.17, 15) is 54.3 Å². The lowest BCUT2D eigenvalue weighted by Gasteiger charge is -2.16. The molecule has 0 unspecified atom stereocenters. The number of nitrogens with zero attached hydrogens (tertiary/aromatic N) is 4. The van der Waals surface area contributed by atoms with Crippen LogP contribution in [0.2, 0.25) is 0 Å². The molecule has 0 aliphatic rings. The van der Waals surface area contributed by atoms with Crippen LogP contribution in [0.3, 0.4) is 0 Å². The van der Waals surface area contributed by atoms with E-state index in [2.05, 4.69) is 41.3 Å². The second-order valence-electron chi connectivity index (χ2n) is 13.9. The summed E-state index contributed by atoms with van der Waals surface area (Å²) in [4.78, 5) is 39.8. The summed E-state index contributed by atoms with van der Waals surface area (Å²) in [5, 5.41) is 18.3. The number of thiophene rings is 2. The average molecular weight is 1080 g/mol. The molecule has 0 radical (unpaired) electrons. The third kappa shape index (κ3) is 9.41. The number of ether oxygens (including phenoxy) is 2. The minimum absolute atomic E-state index is 0.0302. The van der Waals surface area contributed by atoms with Gasteiger partial charge in [-0.25, -0.2) is 31.5 Å². The van der Waals surface area contributed by atoms with Gasteiger partial charge < -0.3 is 29.0 Å². The maximum absolute atomic E-state index is 15.0. The molecule has 0 bridgehead atoms. The van der Waals surface area contributed by atoms with Crippen LogP contribution in [0.5, 0.6) is 11.5 Å². The SMILES string of the molecule is Cc1c(C(F)(F)P(=O)(O)O)sc2c(OCCCS(N)(=O)=O)cc(-c3[nH]nc[n+]3CS(=O)(=O)c3ccc(COc4cc(-c5ncn[nH]5)cc5c(Br)c(C(F)(F)P(=O)(O)O)sc45)cc3)cc12. The van der Waals surface area contributed by atoms with Crippen molar-refractivity contribution in [2.24, 2.45) is 5.14 Å². The molecule has 0 amide bonds. The molecule has 0 spiro atoms. The predicted molar refractivity (Wildman–Crippen MR) is 227 cm³/mol. The fourth-order valence-corrected chi connectivity index (χ4v) is 13.1. The monoisotopic (exact) mass is 1070 g/mol. The van der Waals surface area contributed by atoms with E-state index in [0.29, 0.717) is 33.8 Å². The molecule has 4 aromatic heterocycles. The van der Waals surface area contributed by atoms with E-state index in [1.807, 2.05) is 0 Å². The Bertz CT molecular complexity index is 3250. The maximum Gasteiger partial charge on any atom is 0.400 e. The molecule has 7 aromatic rings. The Morgan fingerprint density at radius 1 is 0.844 bits per heavy atom. The number of sulfone groups is 1. The zero-order valence-corrected chi connectivity index (χ0v) is 38.8. The first-order chi connectivity index (χ1) is 29.7. The first kappa shape index (κ1) is 47.8. The van der Waals surface area contributed by atoms with Crippen molar-refractivity contribution in [1.82, 2.24) is 25.4 Å². The van der Waals surface area contributed by atoms with Gasteiger partial charge in [0, 0.05) is 25.9 Å². The zero-order valence-electron chi connectivity index (χ0n) is 32.1. The van der Waals surface area contributed by atoms with Gasteiger partial charge in [0.25, 0.3) is 12.2 Å². The summed E-state index contributed by atoms with van der Waals surface area (Å²) < 4.78 is 147. The van der Waals surface area contributed by atoms with E-state index in [4.69, 9.17) is 14.6 Å². The fourth-order valence-electron chi connectivity index (χ4n) is 6.27. The van der Waals surface area contributed by atoms with Crippen molar-refractivity contribution in [3.05, 3.63) is 86.5 Å². The van der Waals surface area contributed by atoms with E-state index in [-0.39, 0.29) is 83.4 Å². The molecule has 342 valence electrons. The molecule has 0 fully saturated rings. The van der Waals surface area contributed by atoms with Crippen LogP contribution in [-0.4, -0.2) is 74.1 Å². The number of hydrogen-bond acceptors (Lipinski definition) is 13. The summed E-state index contributed by atoms with van der Waals surface area (Å²) in [7, 11) is -20.0. The smallest absolute Gasteiger partial charge is 0.400 e. The van der Waals surface area contributed by atoms with Crippen LogP contribution in [-0.2, 0) is 52.8 Å². The van der Waals surface area contributed by atoms with Crippen molar-refractivity contribution in [2.75, 3.05) is 12.4 Å². The topological polar surface area (TPSA) is 302 Å². The van der Waals surface area contributed by atoms with Crippen molar-refractivity contribution in [1.29, 1.82) is 0 Å². The number of nitrogens with one attached hydrogen (secondary N) is 2. The number of halogens is 5. The van der Waals surface area contributed by atoms with E-state index in [1.54, 1.807) is 0 Å². The number of fused-ring (bicyclic) bond motifs is 2. The third-order valence-corrected chi connectivity index (χ3v) is 17.9. The Balaban J connectivity index is 1.16. The fraction of sp³-hybridized carbons (Fsp3) is 0.235. The summed E-state index contributed by atoms with van der Waals surface area (Å²) in [6, 6.07) is 11.1. The van der Waals surface area contributed by atoms with Crippen molar-refractivity contribution >= 4 is 93.8 Å². The highest BCUT2D eigenvalue weighted by Gasteiger charge is 2.54. The molecule has 0 saturated carbocycles. The molecular weight excluding hydrogens is 1040 g/mol. The zero-order chi connectivity index (χ0) is 46.8. The minimum Gasteiger partial charge on any atom is -0.492 e. The third-order valence-electron chi connectivity index (χ3n) is 9.41. The lowest BCUT2D eigenvalue weighted by atomic mass is 10.1. The number of aryl methyl sites for hydroxylation is 1. The molecule has 0 saturated heterocycles. The largest absolute Gasteiger partial charge is 0.492 e. The second-order valence-corrected chi connectivity index (χ2v) is 23.8. The lowest BCUT2D eigenvalue weighted by molar-refractivity contribution is -0.666. The van der Waals surface area contributed by atoms with Crippen LogP contribution in [0, 0.1) is 6.92 Å². The molecule has 4 heterocycles. The van der Waals surface area contributed by atoms with Gasteiger partial charge in [0.15, 0.2) is 11.7 Å². The normalized spacial score (nSPS) is 13.3. The molecule has 0 aliphatic heterocycles. The molecule has 19 nitrogen and oxygen atoms in total. The number of benzene rings is 3. The summed E-state index contributed by atoms with van der Waals surface area (Å²) in [5.41, 5.74) is -8.41. The van der Waals surface area contributed by atoms with Gasteiger partial charge in [0.1, 0.15) is 29.3 Å². The Morgan fingerprint density at radius 3 is 2.06 bits per heavy atom. The van der Waals surface area contributed by atoms with Crippen LogP contribution in [0.25, 0.3) is 42.9 Å². The van der Waals surface area contributed by atoms with E-state index < -0.39 is 67.8 Å². The van der Waals surface area contributed by atoms with Gasteiger partial charge in [-0.15, -0.1) is 27.8 Å². The number of rotatable bonds is 17. The highest BCUT2D eigenvalue weighted by atomic mass is 79.9. The van der Waals surface area contributed by atoms with E-state index >= 15 is 8.78 Å². The van der Waals surface area contributed by atoms with Crippen LogP contribution in [0.15, 0.2) is 70.6 Å². The second kappa shape index (κ2) is 17.2. The van der Waals surface area contributed by atoms with Crippen LogP contribution in [0.1, 0.15) is 27.3 Å². The number of aromatic amines is 2. The van der Waals surface area contributed by atoms with Crippen molar-refractivity contribution in [3.63, 3.8) is 0 Å². The van der Waals surface area contributed by atoms with Gasteiger partial charge in [0.05, 0.1) is 37.1 Å². The molecule has 8 N–H and O–H groups in total. The number of hydrogen-bond donors (Lipinski definition) is 7. The van der Waals surface area contributed by atoms with Crippen LogP contribution < -0.4 is 19.2 Å². The first-order valence-electron chi connectivity index (χ1n) is 17.8. The highest BCUT2D eigenvalue weighted by molar-refractivity contribution is 9.10. The average Bonchev–Trinajstić information content (AvgIpc) is 4.02.